The molecular weight excluding hydrogens is 406 g/mol. The Labute approximate surface area is 179 Å². The number of benzene rings is 2. The number of nitro benzene ring substituents is 1. The number of para-hydroxylation sites is 1. The molecule has 2 aromatic carbocycles. The van der Waals surface area contributed by atoms with Crippen LogP contribution in [0.15, 0.2) is 48.5 Å². The first kappa shape index (κ1) is 23.8. The zero-order valence-corrected chi connectivity index (χ0v) is 17.1. The summed E-state index contributed by atoms with van der Waals surface area (Å²) in [5.41, 5.74) is 2.36. The van der Waals surface area contributed by atoms with Gasteiger partial charge < -0.3 is 14.9 Å². The topological polar surface area (TPSA) is 133 Å². The number of methoxy groups -OCH3 is 1. The number of aliphatic carboxylic acids is 2. The van der Waals surface area contributed by atoms with Gasteiger partial charge in [0.25, 0.3) is 5.69 Å². The number of carbonyl (C=O) groups is 2. The van der Waals surface area contributed by atoms with Crippen molar-refractivity contribution in [2.24, 2.45) is 0 Å². The Morgan fingerprint density at radius 2 is 1.55 bits per heavy atom. The molecule has 3 rings (SSSR count). The van der Waals surface area contributed by atoms with Gasteiger partial charge in [-0.05, 0) is 11.6 Å². The molecular formula is C21H25N3O7. The minimum atomic E-state index is -1.82. The zero-order valence-electron chi connectivity index (χ0n) is 17.1. The summed E-state index contributed by atoms with van der Waals surface area (Å²) >= 11 is 0. The summed E-state index contributed by atoms with van der Waals surface area (Å²) in [6.07, 6.45) is 0. The molecule has 1 fully saturated rings. The van der Waals surface area contributed by atoms with E-state index in [2.05, 4.69) is 15.9 Å². The fraction of sp³-hybridized carbons (Fsp3) is 0.333. The molecule has 166 valence electrons. The molecule has 10 heteroatoms. The van der Waals surface area contributed by atoms with Gasteiger partial charge in [-0.25, -0.2) is 9.59 Å². The van der Waals surface area contributed by atoms with Gasteiger partial charge in [-0.2, -0.15) is 0 Å². The number of carboxylic acids is 2. The molecule has 10 nitrogen and oxygen atoms in total. The molecule has 1 aliphatic heterocycles. The molecule has 1 aliphatic rings. The molecule has 0 saturated carbocycles. The number of piperazine rings is 1. The lowest BCUT2D eigenvalue weighted by Crippen LogP contribution is -2.45. The van der Waals surface area contributed by atoms with Gasteiger partial charge in [0.05, 0.1) is 12.0 Å². The maximum Gasteiger partial charge on any atom is 0.414 e. The van der Waals surface area contributed by atoms with Crippen molar-refractivity contribution in [3.05, 3.63) is 69.8 Å². The number of ether oxygens (including phenoxy) is 1. The number of nitro groups is 1. The highest BCUT2D eigenvalue weighted by atomic mass is 16.6. The predicted octanol–water partition coefficient (Wildman–Crippen LogP) is 2.08. The van der Waals surface area contributed by atoms with Crippen molar-refractivity contribution in [1.29, 1.82) is 0 Å². The Morgan fingerprint density at radius 1 is 0.968 bits per heavy atom. The van der Waals surface area contributed by atoms with E-state index in [-0.39, 0.29) is 10.6 Å². The lowest BCUT2D eigenvalue weighted by Gasteiger charge is -2.34. The molecule has 0 spiro atoms. The van der Waals surface area contributed by atoms with Gasteiger partial charge >= 0.3 is 11.9 Å². The third-order valence-electron chi connectivity index (χ3n) is 4.76. The number of carboxylic acid groups (broad SMARTS) is 2. The van der Waals surface area contributed by atoms with Gasteiger partial charge in [0, 0.05) is 57.0 Å². The molecule has 1 heterocycles. The number of non-ortho nitro benzene ring substituents is 1. The summed E-state index contributed by atoms with van der Waals surface area (Å²) in [5, 5.41) is 25.7. The van der Waals surface area contributed by atoms with Crippen LogP contribution in [0.3, 0.4) is 0 Å². The number of rotatable bonds is 6. The minimum Gasteiger partial charge on any atom is -0.496 e. The molecule has 0 aliphatic carbocycles. The van der Waals surface area contributed by atoms with Crippen LogP contribution in [0, 0.1) is 10.1 Å². The molecule has 0 atom stereocenters. The highest BCUT2D eigenvalue weighted by Crippen LogP contribution is 2.21. The Morgan fingerprint density at radius 3 is 2.10 bits per heavy atom. The Kier molecular flexibility index (Phi) is 8.92. The highest BCUT2D eigenvalue weighted by molar-refractivity contribution is 6.27. The van der Waals surface area contributed by atoms with Crippen LogP contribution in [0.5, 0.6) is 5.75 Å². The van der Waals surface area contributed by atoms with Crippen molar-refractivity contribution in [3.63, 3.8) is 0 Å². The van der Waals surface area contributed by atoms with Gasteiger partial charge in [0.15, 0.2) is 0 Å². The van der Waals surface area contributed by atoms with Crippen LogP contribution in [0.4, 0.5) is 5.69 Å². The first-order chi connectivity index (χ1) is 14.8. The van der Waals surface area contributed by atoms with E-state index in [0.29, 0.717) is 0 Å². The first-order valence-corrected chi connectivity index (χ1v) is 9.56. The van der Waals surface area contributed by atoms with Crippen LogP contribution >= 0.6 is 0 Å². The van der Waals surface area contributed by atoms with Crippen LogP contribution in [0.1, 0.15) is 11.1 Å². The second-order valence-corrected chi connectivity index (χ2v) is 6.90. The summed E-state index contributed by atoms with van der Waals surface area (Å²) < 4.78 is 5.43. The summed E-state index contributed by atoms with van der Waals surface area (Å²) in [6, 6.07) is 15.0. The van der Waals surface area contributed by atoms with Crippen molar-refractivity contribution >= 4 is 17.6 Å². The molecule has 1 saturated heterocycles. The molecule has 0 aromatic heterocycles. The molecule has 0 unspecified atom stereocenters. The second kappa shape index (κ2) is 11.6. The van der Waals surface area contributed by atoms with E-state index in [1.54, 1.807) is 19.2 Å². The van der Waals surface area contributed by atoms with Crippen molar-refractivity contribution in [2.75, 3.05) is 33.3 Å². The van der Waals surface area contributed by atoms with Crippen molar-refractivity contribution in [2.45, 2.75) is 13.1 Å². The van der Waals surface area contributed by atoms with Gasteiger partial charge in [0.2, 0.25) is 0 Å². The molecule has 0 amide bonds. The van der Waals surface area contributed by atoms with Crippen molar-refractivity contribution < 1.29 is 29.5 Å². The number of hydrogen-bond acceptors (Lipinski definition) is 7. The fourth-order valence-electron chi connectivity index (χ4n) is 3.21. The number of nitrogens with zero attached hydrogens (tertiary/aromatic N) is 3. The highest BCUT2D eigenvalue weighted by Gasteiger charge is 2.18. The van der Waals surface area contributed by atoms with E-state index in [9.17, 15) is 10.1 Å². The second-order valence-electron chi connectivity index (χ2n) is 6.90. The maximum absolute atomic E-state index is 10.9. The monoisotopic (exact) mass is 431 g/mol. The molecule has 31 heavy (non-hydrogen) atoms. The minimum absolute atomic E-state index is 0.160. The number of hydrogen-bond donors (Lipinski definition) is 2. The normalized spacial score (nSPS) is 14.2. The summed E-state index contributed by atoms with van der Waals surface area (Å²) in [6.45, 7) is 5.51. The fourth-order valence-corrected chi connectivity index (χ4v) is 3.21. The van der Waals surface area contributed by atoms with Gasteiger partial charge in [-0.3, -0.25) is 19.9 Å². The van der Waals surface area contributed by atoms with Crippen molar-refractivity contribution in [3.8, 4) is 5.75 Å². The van der Waals surface area contributed by atoms with Crippen LogP contribution in [0.25, 0.3) is 0 Å². The van der Waals surface area contributed by atoms with E-state index in [1.807, 2.05) is 24.3 Å². The smallest absolute Gasteiger partial charge is 0.414 e. The van der Waals surface area contributed by atoms with E-state index in [0.717, 1.165) is 50.6 Å². The molecule has 0 bridgehead atoms. The molecule has 0 radical (unpaired) electrons. The zero-order chi connectivity index (χ0) is 22.8. The van der Waals surface area contributed by atoms with Crippen LogP contribution in [0.2, 0.25) is 0 Å². The Hall–Kier alpha value is -3.50. The van der Waals surface area contributed by atoms with Crippen LogP contribution < -0.4 is 4.74 Å². The maximum atomic E-state index is 10.9. The average molecular weight is 431 g/mol. The van der Waals surface area contributed by atoms with Crippen molar-refractivity contribution in [1.82, 2.24) is 9.80 Å². The quantitative estimate of drug-likeness (QED) is 0.400. The van der Waals surface area contributed by atoms with Gasteiger partial charge in [-0.15, -0.1) is 0 Å². The van der Waals surface area contributed by atoms with Crippen LogP contribution in [-0.4, -0.2) is 70.2 Å². The summed E-state index contributed by atoms with van der Waals surface area (Å²) in [5.74, 6) is -2.72. The van der Waals surface area contributed by atoms with Crippen LogP contribution in [-0.2, 0) is 22.7 Å². The lowest BCUT2D eigenvalue weighted by molar-refractivity contribution is -0.384. The third kappa shape index (κ3) is 7.68. The van der Waals surface area contributed by atoms with E-state index in [1.165, 1.54) is 11.6 Å². The first-order valence-electron chi connectivity index (χ1n) is 9.56. The summed E-state index contributed by atoms with van der Waals surface area (Å²) in [7, 11) is 1.70. The van der Waals surface area contributed by atoms with Gasteiger partial charge in [0.1, 0.15) is 5.75 Å². The van der Waals surface area contributed by atoms with Gasteiger partial charge in [-0.1, -0.05) is 30.3 Å². The predicted molar refractivity (Wildman–Crippen MR) is 112 cm³/mol. The van der Waals surface area contributed by atoms with E-state index < -0.39 is 11.9 Å². The summed E-state index contributed by atoms with van der Waals surface area (Å²) in [4.78, 5) is 33.5. The standard InChI is InChI=1S/C19H23N3O3.C2H2O4/c1-25-19-8-3-2-6-17(19)15-21-11-9-20(10-12-21)14-16-5-4-7-18(13-16)22(23)24;3-1(4)2(5)6/h2-8,13H,9-12,14-15H2,1H3;(H,3,4)(H,5,6). The van der Waals surface area contributed by atoms with E-state index >= 15 is 0 Å². The molecule has 2 aromatic rings. The molecule has 2 N–H and O–H groups in total. The lowest BCUT2D eigenvalue weighted by atomic mass is 10.1. The SMILES string of the molecule is COc1ccccc1CN1CCN(Cc2cccc([N+](=O)[O-])c2)CC1.O=C(O)C(=O)O. The largest absolute Gasteiger partial charge is 0.496 e. The van der Waals surface area contributed by atoms with E-state index in [4.69, 9.17) is 24.5 Å². The Balaban J connectivity index is 0.000000501. The average Bonchev–Trinajstić information content (AvgIpc) is 2.76. The Bertz CT molecular complexity index is 899. The third-order valence-corrected chi connectivity index (χ3v) is 4.76.